The summed E-state index contributed by atoms with van der Waals surface area (Å²) in [6.45, 7) is 5.74. The van der Waals surface area contributed by atoms with Crippen LogP contribution in [0.2, 0.25) is 0 Å². The van der Waals surface area contributed by atoms with Crippen LogP contribution in [0.1, 0.15) is 111 Å². The van der Waals surface area contributed by atoms with Crippen LogP contribution < -0.4 is 100.0 Å². The highest BCUT2D eigenvalue weighted by Gasteiger charge is 2.33. The number of carbonyl (C=O) groups excluding carboxylic acids is 6. The standard InChI is InChI=1S/C24H25NO6.C23H23NO5.C23H25NO5.2C21H19NO5/c1-4-7-17(26)11-13-23(27)31-22-14-16(10-12-21(22)29-3)25(2)19-15-24(28)30-20-9-6-5-8-18(19)20;1-24(18-14-22(25)28-19-10-6-5-9-17(18)19)16-11-12-20(27-2)21(13-16)29-23(26)15-7-3-4-8-15;1-4-5-6-11-22(25)29-21-14-16(12-13-20(21)27-3)24(2)18-15-23(26)28-19-10-8-7-9-17(18)19;1-22(16-12-20(23)26-17-6-4-3-5-15(16)17)14-9-10-18(25-2)19(11-14)27-21(24)13-7-8-13;1-4-7-20(23)27-19-12-14(10-11-18(19)25-3)22(2)16-13-21(24)26-17-9-6-5-8-15(16)17/h5-6,8-10,12,14-15H,4,7,11,13H2,1-3H3;5-6,9-15H,3-4,7-8H2,1-2H3;7-10,12-15H,4-6,11H2,1-3H3;3-6,9-13H,7-8H2,1-2H3;4-13H,1-3H3/b;;;;7-4+. The number of nitrogens with zero attached hydrogens (tertiary/aromatic N) is 5. The second kappa shape index (κ2) is 49.0. The van der Waals surface area contributed by atoms with E-state index in [0.29, 0.717) is 121 Å². The molecule has 0 spiro atoms. The Morgan fingerprint density at radius 3 is 0.832 bits per heavy atom. The minimum Gasteiger partial charge on any atom is -0.493 e. The fraction of sp³-hybridized carbons (Fsp3) is 0.259. The minimum absolute atomic E-state index is 0.00637. The Morgan fingerprint density at radius 1 is 0.301 bits per heavy atom. The molecule has 0 bridgehead atoms. The average molecular weight is 1940 g/mol. The van der Waals surface area contributed by atoms with Crippen LogP contribution in [0.3, 0.4) is 0 Å². The number of benzene rings is 10. The van der Waals surface area contributed by atoms with Crippen molar-refractivity contribution in [3.63, 3.8) is 0 Å². The molecule has 5 heterocycles. The molecule has 17 rings (SSSR count). The first-order chi connectivity index (χ1) is 69.1. The lowest BCUT2D eigenvalue weighted by Gasteiger charge is -2.22. The summed E-state index contributed by atoms with van der Waals surface area (Å²) in [5, 5.41) is 4.00. The van der Waals surface area contributed by atoms with E-state index in [1.54, 1.807) is 141 Å². The van der Waals surface area contributed by atoms with Crippen molar-refractivity contribution in [2.75, 3.05) is 95.3 Å². The number of rotatable bonds is 32. The van der Waals surface area contributed by atoms with Gasteiger partial charge >= 0.3 is 58.0 Å². The first-order valence-electron chi connectivity index (χ1n) is 46.6. The van der Waals surface area contributed by atoms with E-state index in [2.05, 4.69) is 6.92 Å². The van der Waals surface area contributed by atoms with Gasteiger partial charge in [-0.1, -0.05) is 106 Å². The Labute approximate surface area is 823 Å². The molecule has 5 aromatic heterocycles. The number of allylic oxidation sites excluding steroid dienone is 1. The molecule has 143 heavy (non-hydrogen) atoms. The summed E-state index contributed by atoms with van der Waals surface area (Å²) in [5.41, 5.74) is 7.44. The van der Waals surface area contributed by atoms with Crippen LogP contribution in [0, 0.1) is 11.8 Å². The zero-order valence-electron chi connectivity index (χ0n) is 81.7. The molecule has 31 heteroatoms. The lowest BCUT2D eigenvalue weighted by Crippen LogP contribution is -2.18. The number of methoxy groups -OCH3 is 5. The van der Waals surface area contributed by atoms with Gasteiger partial charge in [0.05, 0.1) is 82.2 Å². The molecular weight excluding hydrogens is 1830 g/mol. The lowest BCUT2D eigenvalue weighted by molar-refractivity contribution is -0.139. The number of ether oxygens (including phenoxy) is 10. The molecule has 15 aromatic rings. The SMILES string of the molecule is C/C=C/C(=O)Oc1cc(N(C)c2cc(=O)oc3ccccc23)ccc1OC.CCCC(=O)CCC(=O)Oc1cc(N(C)c2cc(=O)oc3ccccc23)ccc1OC.CCCCCC(=O)Oc1cc(N(C)c2cc(=O)oc3ccccc23)ccc1OC.COc1ccc(N(C)c2cc(=O)oc3ccccc23)cc1OC(=O)C1CC1.COc1ccc(N(C)c2cc(=O)oc3ccccc23)cc1OC(=O)C1CCCC1. The summed E-state index contributed by atoms with van der Waals surface area (Å²) in [6.07, 6.45) is 13.1. The van der Waals surface area contributed by atoms with Gasteiger partial charge in [0.2, 0.25) is 0 Å². The Bertz CT molecular complexity index is 7470. The number of ketones is 1. The van der Waals surface area contributed by atoms with Gasteiger partial charge in [-0.05, 0) is 167 Å². The van der Waals surface area contributed by atoms with Gasteiger partial charge < -0.3 is 94.0 Å². The van der Waals surface area contributed by atoms with Crippen molar-refractivity contribution in [1.29, 1.82) is 0 Å². The number of esters is 5. The highest BCUT2D eigenvalue weighted by Crippen LogP contribution is 2.44. The molecule has 2 fully saturated rings. The predicted molar refractivity (Wildman–Crippen MR) is 549 cm³/mol. The van der Waals surface area contributed by atoms with Crippen molar-refractivity contribution < 1.29 is 98.2 Å². The quantitative estimate of drug-likeness (QED) is 0.0124. The average Bonchev–Trinajstić information content (AvgIpc) is 1.79. The first kappa shape index (κ1) is 103. The highest BCUT2D eigenvalue weighted by atomic mass is 16.6. The minimum atomic E-state index is -0.506. The van der Waals surface area contributed by atoms with Gasteiger partial charge in [0, 0.05) is 177 Å². The number of hydrogen-bond acceptors (Lipinski definition) is 31. The Kier molecular flexibility index (Phi) is 35.5. The maximum absolute atomic E-state index is 12.5. The van der Waals surface area contributed by atoms with Gasteiger partial charge in [0.15, 0.2) is 57.5 Å². The summed E-state index contributed by atoms with van der Waals surface area (Å²) in [4.78, 5) is 142. The molecule has 2 aliphatic rings. The monoisotopic (exact) mass is 1940 g/mol. The number of fused-ring (bicyclic) bond motifs is 5. The van der Waals surface area contributed by atoms with Gasteiger partial charge in [0.1, 0.15) is 33.7 Å². The van der Waals surface area contributed by atoms with E-state index in [1.807, 2.05) is 158 Å². The van der Waals surface area contributed by atoms with E-state index in [4.69, 9.17) is 69.5 Å². The molecular formula is C112H111N5O26. The third kappa shape index (κ3) is 26.5. The zero-order chi connectivity index (χ0) is 102. The topological polar surface area (TPSA) is 362 Å². The van der Waals surface area contributed by atoms with Gasteiger partial charge in [0.25, 0.3) is 0 Å². The molecule has 2 saturated carbocycles. The van der Waals surface area contributed by atoms with Crippen molar-refractivity contribution in [3.8, 4) is 57.5 Å². The van der Waals surface area contributed by atoms with Gasteiger partial charge in [-0.2, -0.15) is 0 Å². The summed E-state index contributed by atoms with van der Waals surface area (Å²) in [5.74, 6) is 2.12. The number of Topliss-reactive ketones (excluding diaryl/α,β-unsaturated/α-hetero) is 1. The van der Waals surface area contributed by atoms with Crippen LogP contribution in [0.4, 0.5) is 56.9 Å². The van der Waals surface area contributed by atoms with E-state index in [-0.39, 0.29) is 59.9 Å². The maximum Gasteiger partial charge on any atom is 0.338 e. The van der Waals surface area contributed by atoms with Gasteiger partial charge in [-0.3, -0.25) is 24.0 Å². The summed E-state index contributed by atoms with van der Waals surface area (Å²) in [7, 11) is 16.8. The van der Waals surface area contributed by atoms with Crippen molar-refractivity contribution in [3.05, 3.63) is 307 Å². The molecule has 10 aromatic carbocycles. The summed E-state index contributed by atoms with van der Waals surface area (Å²) in [6, 6.07) is 70.2. The lowest BCUT2D eigenvalue weighted by atomic mass is 10.1. The van der Waals surface area contributed by atoms with E-state index in [0.717, 1.165) is 114 Å². The third-order valence-electron chi connectivity index (χ3n) is 23.7. The Morgan fingerprint density at radius 2 is 0.566 bits per heavy atom. The second-order valence-electron chi connectivity index (χ2n) is 33.4. The third-order valence-corrected chi connectivity index (χ3v) is 23.7. The van der Waals surface area contributed by atoms with Gasteiger partial charge in [-0.25, -0.2) is 28.8 Å². The zero-order valence-corrected chi connectivity index (χ0v) is 81.7. The van der Waals surface area contributed by atoms with E-state index in [1.165, 1.54) is 64.8 Å². The van der Waals surface area contributed by atoms with Crippen molar-refractivity contribution in [1.82, 2.24) is 0 Å². The molecule has 2 aliphatic carbocycles. The van der Waals surface area contributed by atoms with Crippen LogP contribution >= 0.6 is 0 Å². The maximum atomic E-state index is 12.5. The van der Waals surface area contributed by atoms with Crippen LogP contribution in [0.5, 0.6) is 57.5 Å². The number of carbonyl (C=O) groups is 6. The Hall–Kier alpha value is -17.0. The van der Waals surface area contributed by atoms with Crippen LogP contribution in [-0.2, 0) is 28.8 Å². The molecule has 0 unspecified atom stereocenters. The highest BCUT2D eigenvalue weighted by molar-refractivity contribution is 5.98. The van der Waals surface area contributed by atoms with Crippen LogP contribution in [0.15, 0.2) is 301 Å². The molecule has 740 valence electrons. The number of unbranched alkanes of at least 4 members (excludes halogenated alkanes) is 2. The van der Waals surface area contributed by atoms with Crippen LogP contribution in [0.25, 0.3) is 54.8 Å². The van der Waals surface area contributed by atoms with E-state index < -0.39 is 40.1 Å². The fourth-order valence-corrected chi connectivity index (χ4v) is 16.0. The smallest absolute Gasteiger partial charge is 0.338 e. The van der Waals surface area contributed by atoms with Crippen molar-refractivity contribution in [2.24, 2.45) is 11.8 Å². The normalized spacial score (nSPS) is 12.0. The van der Waals surface area contributed by atoms with Crippen molar-refractivity contribution >= 4 is 147 Å². The first-order valence-corrected chi connectivity index (χ1v) is 46.6. The predicted octanol–water partition coefficient (Wildman–Crippen LogP) is 22.3. The molecule has 0 N–H and O–H groups in total. The molecule has 0 aliphatic heterocycles. The Balaban J connectivity index is 0.000000150. The number of hydrogen-bond donors (Lipinski definition) is 0. The largest absolute Gasteiger partial charge is 0.493 e. The second-order valence-corrected chi connectivity index (χ2v) is 33.4. The summed E-state index contributed by atoms with van der Waals surface area (Å²) < 4.78 is 80.6. The van der Waals surface area contributed by atoms with E-state index >= 15 is 0 Å². The number of anilines is 10. The molecule has 31 nitrogen and oxygen atoms in total. The number of para-hydroxylation sites is 5. The van der Waals surface area contributed by atoms with Crippen molar-refractivity contribution in [2.45, 2.75) is 111 Å². The molecule has 0 radical (unpaired) electrons. The van der Waals surface area contributed by atoms with Gasteiger partial charge in [-0.15, -0.1) is 0 Å². The molecule has 0 saturated heterocycles. The molecule has 0 amide bonds. The molecule has 0 atom stereocenters. The summed E-state index contributed by atoms with van der Waals surface area (Å²) >= 11 is 0. The van der Waals surface area contributed by atoms with E-state index in [9.17, 15) is 52.7 Å². The van der Waals surface area contributed by atoms with Crippen LogP contribution in [-0.4, -0.2) is 106 Å². The fourth-order valence-electron chi connectivity index (χ4n) is 16.0.